The summed E-state index contributed by atoms with van der Waals surface area (Å²) in [5, 5.41) is 0. The maximum Gasteiger partial charge on any atom is 0.0532 e. The van der Waals surface area contributed by atoms with Crippen molar-refractivity contribution in [1.29, 1.82) is 0 Å². The van der Waals surface area contributed by atoms with Crippen LogP contribution in [-0.2, 0) is 25.7 Å². The standard InChI is InChI=1S/C34H23N/c1-3-10-28-21(7-1)13-25-18-32-27(17-30(25)28)15-23-9-5-8-22-14-26-16-24-12-20-6-2-4-11-29(20)31(24)19-33(26)35(32)34(22)23/h1-11,16-19H,12-15H2. The van der Waals surface area contributed by atoms with Gasteiger partial charge in [0.05, 0.1) is 17.1 Å². The molecule has 0 spiro atoms. The monoisotopic (exact) mass is 445 g/mol. The van der Waals surface area contributed by atoms with Gasteiger partial charge in [0.2, 0.25) is 0 Å². The summed E-state index contributed by atoms with van der Waals surface area (Å²) in [6.07, 6.45) is 4.11. The lowest BCUT2D eigenvalue weighted by Gasteiger charge is -2.40. The first-order valence-electron chi connectivity index (χ1n) is 12.7. The molecule has 2 heterocycles. The predicted molar refractivity (Wildman–Crippen MR) is 143 cm³/mol. The fourth-order valence-electron chi connectivity index (χ4n) is 7.14. The van der Waals surface area contributed by atoms with Crippen molar-refractivity contribution >= 4 is 17.1 Å². The number of para-hydroxylation sites is 1. The second-order valence-corrected chi connectivity index (χ2v) is 10.6. The van der Waals surface area contributed by atoms with E-state index in [4.69, 9.17) is 0 Å². The van der Waals surface area contributed by atoms with Crippen molar-refractivity contribution in [3.63, 3.8) is 0 Å². The number of hydrogen-bond donors (Lipinski definition) is 0. The van der Waals surface area contributed by atoms with Gasteiger partial charge in [0.15, 0.2) is 0 Å². The normalized spacial score (nSPS) is 14.9. The maximum atomic E-state index is 2.60. The zero-order valence-corrected chi connectivity index (χ0v) is 19.4. The molecule has 9 rings (SSSR count). The molecule has 1 heteroatoms. The Morgan fingerprint density at radius 1 is 0.371 bits per heavy atom. The Balaban J connectivity index is 1.30. The maximum absolute atomic E-state index is 2.60. The molecule has 0 fully saturated rings. The van der Waals surface area contributed by atoms with Gasteiger partial charge in [-0.05, 0) is 97.8 Å². The summed E-state index contributed by atoms with van der Waals surface area (Å²) in [6, 6.07) is 34.8. The fourth-order valence-corrected chi connectivity index (χ4v) is 7.14. The number of rotatable bonds is 0. The van der Waals surface area contributed by atoms with Crippen LogP contribution in [0.4, 0.5) is 17.1 Å². The van der Waals surface area contributed by atoms with Gasteiger partial charge in [-0.3, -0.25) is 0 Å². The molecule has 0 saturated heterocycles. The predicted octanol–water partition coefficient (Wildman–Crippen LogP) is 8.11. The molecule has 0 N–H and O–H groups in total. The molecule has 5 aromatic carbocycles. The lowest BCUT2D eigenvalue weighted by atomic mass is 9.84. The van der Waals surface area contributed by atoms with E-state index in [0.29, 0.717) is 0 Å². The minimum atomic E-state index is 1.01. The van der Waals surface area contributed by atoms with E-state index in [-0.39, 0.29) is 0 Å². The van der Waals surface area contributed by atoms with Gasteiger partial charge < -0.3 is 4.90 Å². The molecule has 0 unspecified atom stereocenters. The molecule has 0 amide bonds. The summed E-state index contributed by atoms with van der Waals surface area (Å²) in [6.45, 7) is 0. The van der Waals surface area contributed by atoms with Crippen molar-refractivity contribution in [3.05, 3.63) is 136 Å². The topological polar surface area (TPSA) is 3.24 Å². The lowest BCUT2D eigenvalue weighted by Crippen LogP contribution is -2.25. The van der Waals surface area contributed by atoms with E-state index in [1.165, 1.54) is 83.8 Å². The second kappa shape index (κ2) is 6.31. The van der Waals surface area contributed by atoms with Crippen molar-refractivity contribution in [2.24, 2.45) is 0 Å². The summed E-state index contributed by atoms with van der Waals surface area (Å²) < 4.78 is 0. The first kappa shape index (κ1) is 18.3. The number of fused-ring (bicyclic) bond motifs is 10. The third-order valence-electron chi connectivity index (χ3n) is 8.66. The van der Waals surface area contributed by atoms with Crippen LogP contribution in [0.2, 0.25) is 0 Å². The molecule has 0 bridgehead atoms. The number of nitrogens with zero attached hydrogens (tertiary/aromatic N) is 1. The number of hydrogen-bond acceptors (Lipinski definition) is 1. The van der Waals surface area contributed by atoms with Crippen molar-refractivity contribution in [2.75, 3.05) is 4.90 Å². The summed E-state index contributed by atoms with van der Waals surface area (Å²) in [5.41, 5.74) is 21.5. The van der Waals surface area contributed by atoms with Gasteiger partial charge >= 0.3 is 0 Å². The summed E-state index contributed by atoms with van der Waals surface area (Å²) in [5.74, 6) is 0. The molecule has 2 aliphatic heterocycles. The van der Waals surface area contributed by atoms with Gasteiger partial charge in [-0.15, -0.1) is 0 Å². The Kier molecular flexibility index (Phi) is 3.29. The van der Waals surface area contributed by atoms with Crippen LogP contribution in [-0.4, -0.2) is 0 Å². The fraction of sp³-hybridized carbons (Fsp3) is 0.118. The quantitative estimate of drug-likeness (QED) is 0.228. The van der Waals surface area contributed by atoms with E-state index >= 15 is 0 Å². The first-order valence-corrected chi connectivity index (χ1v) is 12.7. The Labute approximate surface area is 205 Å². The zero-order valence-electron chi connectivity index (χ0n) is 19.4. The highest BCUT2D eigenvalue weighted by atomic mass is 15.2. The molecule has 0 saturated carbocycles. The summed E-state index contributed by atoms with van der Waals surface area (Å²) in [7, 11) is 0. The molecule has 0 radical (unpaired) electrons. The molecular formula is C34H23N. The Hall–Kier alpha value is -4.10. The Bertz CT molecular complexity index is 1760. The molecule has 35 heavy (non-hydrogen) atoms. The average Bonchev–Trinajstić information content (AvgIpc) is 3.43. The molecule has 1 nitrogen and oxygen atoms in total. The minimum absolute atomic E-state index is 1.01. The molecule has 5 aromatic rings. The summed E-state index contributed by atoms with van der Waals surface area (Å²) in [4.78, 5) is 2.60. The van der Waals surface area contributed by atoms with E-state index < -0.39 is 0 Å². The van der Waals surface area contributed by atoms with Crippen LogP contribution in [0.3, 0.4) is 0 Å². The third kappa shape index (κ3) is 2.33. The first-order chi connectivity index (χ1) is 17.3. The van der Waals surface area contributed by atoms with Crippen LogP contribution in [0.5, 0.6) is 0 Å². The lowest BCUT2D eigenvalue weighted by molar-refractivity contribution is 1.01. The van der Waals surface area contributed by atoms with Crippen LogP contribution < -0.4 is 4.90 Å². The van der Waals surface area contributed by atoms with E-state index in [9.17, 15) is 0 Å². The van der Waals surface area contributed by atoms with Crippen LogP contribution in [0.1, 0.15) is 44.5 Å². The van der Waals surface area contributed by atoms with Crippen LogP contribution in [0.25, 0.3) is 22.3 Å². The van der Waals surface area contributed by atoms with Crippen LogP contribution >= 0.6 is 0 Å². The van der Waals surface area contributed by atoms with Gasteiger partial charge in [-0.25, -0.2) is 0 Å². The van der Waals surface area contributed by atoms with E-state index in [2.05, 4.69) is 95.9 Å². The second-order valence-electron chi connectivity index (χ2n) is 10.6. The van der Waals surface area contributed by atoms with Gasteiger partial charge in [0, 0.05) is 12.8 Å². The Morgan fingerprint density at radius 2 is 0.886 bits per heavy atom. The molecule has 0 aromatic heterocycles. The van der Waals surface area contributed by atoms with Crippen molar-refractivity contribution in [3.8, 4) is 22.3 Å². The van der Waals surface area contributed by atoms with Gasteiger partial charge in [0.1, 0.15) is 0 Å². The van der Waals surface area contributed by atoms with Crippen molar-refractivity contribution < 1.29 is 0 Å². The van der Waals surface area contributed by atoms with E-state index in [1.807, 2.05) is 0 Å². The molecule has 4 aliphatic rings. The molecule has 164 valence electrons. The smallest absolute Gasteiger partial charge is 0.0532 e. The third-order valence-corrected chi connectivity index (χ3v) is 8.66. The highest BCUT2D eigenvalue weighted by Crippen LogP contribution is 2.54. The van der Waals surface area contributed by atoms with Crippen molar-refractivity contribution in [1.82, 2.24) is 0 Å². The van der Waals surface area contributed by atoms with Crippen molar-refractivity contribution in [2.45, 2.75) is 25.7 Å². The van der Waals surface area contributed by atoms with Crippen LogP contribution in [0.15, 0.2) is 91.0 Å². The average molecular weight is 446 g/mol. The Morgan fingerprint density at radius 3 is 1.60 bits per heavy atom. The van der Waals surface area contributed by atoms with Gasteiger partial charge in [-0.1, -0.05) is 72.8 Å². The van der Waals surface area contributed by atoms with E-state index in [1.54, 1.807) is 0 Å². The van der Waals surface area contributed by atoms with Gasteiger partial charge in [-0.2, -0.15) is 0 Å². The summed E-state index contributed by atoms with van der Waals surface area (Å²) >= 11 is 0. The molecular weight excluding hydrogens is 422 g/mol. The highest BCUT2D eigenvalue weighted by Gasteiger charge is 2.34. The number of anilines is 3. The van der Waals surface area contributed by atoms with Crippen LogP contribution in [0, 0.1) is 0 Å². The molecule has 2 aliphatic carbocycles. The van der Waals surface area contributed by atoms with Gasteiger partial charge in [0.25, 0.3) is 0 Å². The van der Waals surface area contributed by atoms with E-state index in [0.717, 1.165) is 25.7 Å². The number of benzene rings is 5. The highest BCUT2D eigenvalue weighted by molar-refractivity contribution is 5.94. The SMILES string of the molecule is c1ccc2c(c1)Cc1cc3c(cc1-2)Cc1cccc2c1N3c1cc3c(cc1C2)Cc1ccccc1-3. The largest absolute Gasteiger partial charge is 0.309 e. The molecule has 0 atom stereocenters. The zero-order chi connectivity index (χ0) is 22.7. The minimum Gasteiger partial charge on any atom is -0.309 e.